The normalized spacial score (nSPS) is 21.7. The van der Waals surface area contributed by atoms with E-state index >= 15 is 0 Å². The maximum Gasteiger partial charge on any atom is 0.141 e. The highest BCUT2D eigenvalue weighted by atomic mass is 32.1. The molecular formula is C19H26N4OS. The molecule has 0 radical (unpaired) electrons. The van der Waals surface area contributed by atoms with Gasteiger partial charge in [0.2, 0.25) is 0 Å². The molecule has 2 aromatic heterocycles. The number of anilines is 1. The van der Waals surface area contributed by atoms with Gasteiger partial charge >= 0.3 is 0 Å². The Bertz CT molecular complexity index is 777. The molecule has 0 atom stereocenters. The first-order valence-corrected chi connectivity index (χ1v) is 10.6. The summed E-state index contributed by atoms with van der Waals surface area (Å²) in [7, 11) is 0. The van der Waals surface area contributed by atoms with Gasteiger partial charge in [0.25, 0.3) is 0 Å². The number of rotatable bonds is 4. The summed E-state index contributed by atoms with van der Waals surface area (Å²) in [4.78, 5) is 17.7. The van der Waals surface area contributed by atoms with Gasteiger partial charge in [-0.05, 0) is 44.1 Å². The van der Waals surface area contributed by atoms with Gasteiger partial charge in [-0.2, -0.15) is 0 Å². The summed E-state index contributed by atoms with van der Waals surface area (Å²) in [5.41, 5.74) is 1.54. The van der Waals surface area contributed by atoms with E-state index in [-0.39, 0.29) is 6.61 Å². The van der Waals surface area contributed by atoms with Gasteiger partial charge in [0.15, 0.2) is 0 Å². The molecule has 1 saturated carbocycles. The quantitative estimate of drug-likeness (QED) is 0.910. The molecule has 134 valence electrons. The third-order valence-electron chi connectivity index (χ3n) is 5.84. The highest BCUT2D eigenvalue weighted by Gasteiger charge is 2.31. The largest absolute Gasteiger partial charge is 0.395 e. The first-order chi connectivity index (χ1) is 12.3. The van der Waals surface area contributed by atoms with E-state index in [0.29, 0.717) is 5.92 Å². The molecule has 1 N–H and O–H groups in total. The van der Waals surface area contributed by atoms with Crippen molar-refractivity contribution in [3.63, 3.8) is 0 Å². The number of fused-ring (bicyclic) bond motifs is 3. The molecule has 0 bridgehead atoms. The molecule has 0 spiro atoms. The van der Waals surface area contributed by atoms with Crippen molar-refractivity contribution in [2.24, 2.45) is 0 Å². The number of aromatic nitrogens is 2. The first kappa shape index (κ1) is 16.0. The SMILES string of the molecule is OCCN1CCN(c2nc(C3CC3)nc3sc4c(c23)CCCC4)CC1. The van der Waals surface area contributed by atoms with Gasteiger partial charge in [-0.3, -0.25) is 4.90 Å². The minimum atomic E-state index is 0.252. The maximum atomic E-state index is 9.18. The van der Waals surface area contributed by atoms with E-state index in [2.05, 4.69) is 9.80 Å². The van der Waals surface area contributed by atoms with Gasteiger partial charge in [-0.25, -0.2) is 9.97 Å². The van der Waals surface area contributed by atoms with Crippen LogP contribution in [0.5, 0.6) is 0 Å². The lowest BCUT2D eigenvalue weighted by molar-refractivity contribution is 0.188. The standard InChI is InChI=1S/C19H26N4OS/c24-12-11-22-7-9-23(10-8-22)18-16-14-3-1-2-4-15(14)25-19(16)21-17(20-18)13-5-6-13/h13,24H,1-12H2. The fourth-order valence-electron chi connectivity index (χ4n) is 4.23. The van der Waals surface area contributed by atoms with E-state index in [1.807, 2.05) is 11.3 Å². The number of hydrogen-bond donors (Lipinski definition) is 1. The van der Waals surface area contributed by atoms with Crippen LogP contribution in [0, 0.1) is 0 Å². The zero-order chi connectivity index (χ0) is 16.8. The predicted octanol–water partition coefficient (Wildman–Crippen LogP) is 2.56. The number of aliphatic hydroxyl groups is 1. The molecule has 0 aromatic carbocycles. The molecule has 3 heterocycles. The summed E-state index contributed by atoms with van der Waals surface area (Å²) in [5, 5.41) is 10.5. The number of hydrogen-bond acceptors (Lipinski definition) is 6. The molecule has 0 amide bonds. The molecule has 25 heavy (non-hydrogen) atoms. The van der Waals surface area contributed by atoms with Crippen molar-refractivity contribution >= 4 is 27.4 Å². The van der Waals surface area contributed by atoms with E-state index in [0.717, 1.165) is 38.5 Å². The smallest absolute Gasteiger partial charge is 0.141 e. The van der Waals surface area contributed by atoms with Gasteiger partial charge in [0.1, 0.15) is 16.5 Å². The molecule has 1 saturated heterocycles. The van der Waals surface area contributed by atoms with Crippen LogP contribution in [0.15, 0.2) is 0 Å². The Morgan fingerprint density at radius 3 is 2.60 bits per heavy atom. The number of β-amino-alcohol motifs (C(OH)–C–C–N with tert-alkyl or cyclic N) is 1. The number of nitrogens with zero attached hydrogens (tertiary/aromatic N) is 4. The van der Waals surface area contributed by atoms with Crippen LogP contribution in [-0.2, 0) is 12.8 Å². The third kappa shape index (κ3) is 2.94. The van der Waals surface area contributed by atoms with E-state index in [1.165, 1.54) is 54.6 Å². The number of aryl methyl sites for hydroxylation is 2. The summed E-state index contributed by atoms with van der Waals surface area (Å²) in [6.45, 7) is 5.06. The Labute approximate surface area is 152 Å². The fraction of sp³-hybridized carbons (Fsp3) is 0.684. The van der Waals surface area contributed by atoms with Crippen LogP contribution in [0.3, 0.4) is 0 Å². The highest BCUT2D eigenvalue weighted by Crippen LogP contribution is 2.44. The highest BCUT2D eigenvalue weighted by molar-refractivity contribution is 7.19. The molecule has 3 aliphatic rings. The van der Waals surface area contributed by atoms with Gasteiger partial charge in [-0.15, -0.1) is 11.3 Å². The van der Waals surface area contributed by atoms with Crippen molar-refractivity contribution < 1.29 is 5.11 Å². The van der Waals surface area contributed by atoms with Crippen LogP contribution >= 0.6 is 11.3 Å². The fourth-order valence-corrected chi connectivity index (χ4v) is 5.49. The second-order valence-corrected chi connectivity index (χ2v) is 8.71. The lowest BCUT2D eigenvalue weighted by Crippen LogP contribution is -2.47. The second kappa shape index (κ2) is 6.49. The van der Waals surface area contributed by atoms with E-state index in [4.69, 9.17) is 9.97 Å². The monoisotopic (exact) mass is 358 g/mol. The Morgan fingerprint density at radius 1 is 1.04 bits per heavy atom. The van der Waals surface area contributed by atoms with Crippen LogP contribution in [0.25, 0.3) is 10.2 Å². The number of aliphatic hydroxyl groups excluding tert-OH is 1. The van der Waals surface area contributed by atoms with Crippen LogP contribution < -0.4 is 4.90 Å². The van der Waals surface area contributed by atoms with E-state index in [9.17, 15) is 5.11 Å². The van der Waals surface area contributed by atoms with Crippen molar-refractivity contribution in [2.75, 3.05) is 44.2 Å². The lowest BCUT2D eigenvalue weighted by Gasteiger charge is -2.35. The van der Waals surface area contributed by atoms with Crippen LogP contribution in [0.4, 0.5) is 5.82 Å². The molecule has 2 fully saturated rings. The first-order valence-electron chi connectivity index (χ1n) is 9.74. The predicted molar refractivity (Wildman–Crippen MR) is 102 cm³/mol. The average Bonchev–Trinajstić information content (AvgIpc) is 3.42. The summed E-state index contributed by atoms with van der Waals surface area (Å²) >= 11 is 1.92. The van der Waals surface area contributed by atoms with Crippen molar-refractivity contribution in [2.45, 2.75) is 44.4 Å². The average molecular weight is 359 g/mol. The molecular weight excluding hydrogens is 332 g/mol. The Morgan fingerprint density at radius 2 is 1.84 bits per heavy atom. The van der Waals surface area contributed by atoms with E-state index in [1.54, 1.807) is 10.4 Å². The zero-order valence-electron chi connectivity index (χ0n) is 14.7. The summed E-state index contributed by atoms with van der Waals surface area (Å²) < 4.78 is 0. The third-order valence-corrected chi connectivity index (χ3v) is 7.03. The second-order valence-electron chi connectivity index (χ2n) is 7.62. The molecule has 0 unspecified atom stereocenters. The van der Waals surface area contributed by atoms with Crippen molar-refractivity contribution in [1.82, 2.24) is 14.9 Å². The van der Waals surface area contributed by atoms with Crippen molar-refractivity contribution in [1.29, 1.82) is 0 Å². The zero-order valence-corrected chi connectivity index (χ0v) is 15.5. The summed E-state index contributed by atoms with van der Waals surface area (Å²) in [6, 6.07) is 0. The molecule has 2 aromatic rings. The van der Waals surface area contributed by atoms with Crippen LogP contribution in [0.2, 0.25) is 0 Å². The molecule has 1 aliphatic heterocycles. The topological polar surface area (TPSA) is 52.5 Å². The molecule has 5 rings (SSSR count). The molecule has 5 nitrogen and oxygen atoms in total. The Balaban J connectivity index is 1.55. The minimum absolute atomic E-state index is 0.252. The van der Waals surface area contributed by atoms with Crippen molar-refractivity contribution in [3.8, 4) is 0 Å². The lowest BCUT2D eigenvalue weighted by atomic mass is 9.97. The van der Waals surface area contributed by atoms with Crippen molar-refractivity contribution in [3.05, 3.63) is 16.3 Å². The minimum Gasteiger partial charge on any atom is -0.395 e. The van der Waals surface area contributed by atoms with E-state index < -0.39 is 0 Å². The Kier molecular flexibility index (Phi) is 4.14. The number of thiophene rings is 1. The Hall–Kier alpha value is -1.24. The van der Waals surface area contributed by atoms with Crippen LogP contribution in [-0.4, -0.2) is 59.3 Å². The number of piperazine rings is 1. The van der Waals surface area contributed by atoms with Gasteiger partial charge < -0.3 is 10.0 Å². The van der Waals surface area contributed by atoms with Crippen LogP contribution in [0.1, 0.15) is 47.9 Å². The molecule has 2 aliphatic carbocycles. The molecule has 6 heteroatoms. The van der Waals surface area contributed by atoms with Gasteiger partial charge in [0, 0.05) is 43.5 Å². The van der Waals surface area contributed by atoms with Gasteiger partial charge in [0.05, 0.1) is 12.0 Å². The summed E-state index contributed by atoms with van der Waals surface area (Å²) in [6.07, 6.45) is 7.53. The summed E-state index contributed by atoms with van der Waals surface area (Å²) in [5.74, 6) is 2.88. The van der Waals surface area contributed by atoms with Gasteiger partial charge in [-0.1, -0.05) is 0 Å². The maximum absolute atomic E-state index is 9.18.